The second-order valence-corrected chi connectivity index (χ2v) is 19.5. The first-order valence-corrected chi connectivity index (χ1v) is 26.5. The first-order valence-electron chi connectivity index (χ1n) is 26.5. The Morgan fingerprint density at radius 3 is 1.97 bits per heavy atom. The van der Waals surface area contributed by atoms with Crippen LogP contribution in [0.5, 0.6) is 5.75 Å². The number of nitrogens with zero attached hydrogens (tertiary/aromatic N) is 13. The number of nitrogens with one attached hydrogen (secondary N) is 2. The number of carboxylic acid groups (broad SMARTS) is 1. The van der Waals surface area contributed by atoms with Crippen molar-refractivity contribution in [1.29, 1.82) is 0 Å². The number of aromatic amines is 1. The number of rotatable bonds is 28. The minimum Gasteiger partial charge on any atom is -0.508 e. The Morgan fingerprint density at radius 1 is 0.772 bits per heavy atom. The summed E-state index contributed by atoms with van der Waals surface area (Å²) in [4.78, 5) is 66.4. The van der Waals surface area contributed by atoms with Gasteiger partial charge in [-0.25, -0.2) is 9.36 Å². The van der Waals surface area contributed by atoms with Crippen molar-refractivity contribution in [2.75, 3.05) is 114 Å². The monoisotopic (exact) mass is 1110 g/mol. The number of nitrogens with two attached hydrogens (primary N) is 2. The van der Waals surface area contributed by atoms with Gasteiger partial charge in [-0.15, -0.1) is 29.0 Å². The lowest BCUT2D eigenvalue weighted by Gasteiger charge is -2.38. The van der Waals surface area contributed by atoms with Crippen LogP contribution in [0.15, 0.2) is 67.0 Å². The molecule has 6 aromatic rings. The number of para-hydroxylation sites is 1. The summed E-state index contributed by atoms with van der Waals surface area (Å²) >= 11 is 0. The molecule has 4 aromatic heterocycles. The van der Waals surface area contributed by atoms with Crippen LogP contribution in [-0.4, -0.2) is 186 Å². The maximum Gasteiger partial charge on any atom is 0.303 e. The van der Waals surface area contributed by atoms with Crippen molar-refractivity contribution >= 4 is 58.9 Å². The summed E-state index contributed by atoms with van der Waals surface area (Å²) in [5.74, 6) is 2.44. The number of hydrogen-bond acceptors (Lipinski definition) is 19. The zero-order valence-electron chi connectivity index (χ0n) is 44.7. The zero-order chi connectivity index (χ0) is 55.0. The molecule has 2 fully saturated rings. The van der Waals surface area contributed by atoms with Gasteiger partial charge in [-0.2, -0.15) is 15.0 Å². The van der Waals surface area contributed by atoms with E-state index < -0.39 is 24.1 Å². The summed E-state index contributed by atoms with van der Waals surface area (Å²) in [6.45, 7) is 9.59. The van der Waals surface area contributed by atoms with Crippen LogP contribution in [0.2, 0.25) is 0 Å². The van der Waals surface area contributed by atoms with E-state index >= 15 is 0 Å². The topological polar surface area (TPSA) is 312 Å². The number of halogens is 1. The van der Waals surface area contributed by atoms with Crippen molar-refractivity contribution in [3.05, 3.63) is 89.6 Å². The third-order valence-electron chi connectivity index (χ3n) is 14.1. The lowest BCUT2D eigenvalue weighted by Crippen LogP contribution is -2.52. The Balaban J connectivity index is 0.00000903. The molecule has 2 unspecified atom stereocenters. The van der Waals surface area contributed by atoms with Crippen molar-refractivity contribution in [1.82, 2.24) is 59.7 Å². The van der Waals surface area contributed by atoms with Gasteiger partial charge in [-0.1, -0.05) is 66.9 Å². The fourth-order valence-electron chi connectivity index (χ4n) is 9.32. The van der Waals surface area contributed by atoms with Crippen LogP contribution in [0.4, 0.5) is 17.8 Å². The lowest BCUT2D eigenvalue weighted by molar-refractivity contribution is -0.139. The predicted octanol–water partition coefficient (Wildman–Crippen LogP) is 2.93. The third kappa shape index (κ3) is 16.1. The summed E-state index contributed by atoms with van der Waals surface area (Å²) in [6, 6.07) is 14.2. The quantitative estimate of drug-likeness (QED) is 0.0304. The second kappa shape index (κ2) is 28.9. The number of hydrogen-bond donors (Lipinski definition) is 6. The molecule has 8 rings (SSSR count). The van der Waals surface area contributed by atoms with E-state index in [1.165, 1.54) is 4.68 Å². The molecule has 2 aliphatic rings. The molecule has 0 aliphatic carbocycles. The smallest absolute Gasteiger partial charge is 0.303 e. The van der Waals surface area contributed by atoms with E-state index in [1.54, 1.807) is 46.2 Å². The molecule has 2 saturated heterocycles. The molecular weight excluding hydrogens is 1040 g/mol. The highest BCUT2D eigenvalue weighted by Gasteiger charge is 2.34. The molecule has 8 N–H and O–H groups in total. The average Bonchev–Trinajstić information content (AvgIpc) is 4.26. The summed E-state index contributed by atoms with van der Waals surface area (Å²) in [5.41, 5.74) is 16.9. The fourth-order valence-corrected chi connectivity index (χ4v) is 9.32. The standard InChI is InChI=1S/C53H71N17O8.ClH/c1-4-25-76-27-29-78-30-28-77-26-16-56-51-58-52(67-21-17-65(18-22-67)49(74)45(14-15-47(72)73)69-34-43(61-63-69)41(54)31-37-10-12-40(71)13-11-37)60-53(59-51)68-23-19-66(20-24-68)50(75)46(33-39-32-38-8-6-7-9-42(38)57-39)70-35-44(62-64-70)48(55)36(3)5-2;/h1,6-13,32,34-36,41,45-46,48,57,71H,5,14-31,33,54-55H2,2-3H3,(H,72,73)(H,56,58,59,60);1H/t36-,41?,45+,46+,48?;/m1./s1. The number of carboxylic acids is 1. The molecule has 5 atom stereocenters. The first kappa shape index (κ1) is 59.2. The number of carbonyl (C=O) groups excluding carboxylic acids is 2. The van der Waals surface area contributed by atoms with Crippen LogP contribution in [0, 0.1) is 18.3 Å². The van der Waals surface area contributed by atoms with Crippen LogP contribution in [-0.2, 0) is 41.4 Å². The number of phenolic OH excluding ortho intramolecular Hbond substituents is 1. The van der Waals surface area contributed by atoms with E-state index in [-0.39, 0.29) is 74.5 Å². The summed E-state index contributed by atoms with van der Waals surface area (Å²) in [5, 5.41) is 41.1. The van der Waals surface area contributed by atoms with Crippen molar-refractivity contribution in [3.8, 4) is 18.1 Å². The minimum atomic E-state index is -1.04. The maximum absolute atomic E-state index is 14.7. The molecule has 424 valence electrons. The van der Waals surface area contributed by atoms with Gasteiger partial charge in [0.2, 0.25) is 29.7 Å². The number of piperazine rings is 2. The Bertz CT molecular complexity index is 2900. The van der Waals surface area contributed by atoms with Crippen molar-refractivity contribution < 1.29 is 38.8 Å². The molecule has 2 aromatic carbocycles. The van der Waals surface area contributed by atoms with Gasteiger partial charge < -0.3 is 65.8 Å². The maximum atomic E-state index is 14.7. The van der Waals surface area contributed by atoms with Crippen LogP contribution in [0.25, 0.3) is 10.9 Å². The highest BCUT2D eigenvalue weighted by atomic mass is 35.5. The van der Waals surface area contributed by atoms with E-state index in [0.29, 0.717) is 121 Å². The molecule has 0 bridgehead atoms. The van der Waals surface area contributed by atoms with Gasteiger partial charge in [0.25, 0.3) is 0 Å². The third-order valence-corrected chi connectivity index (χ3v) is 14.1. The van der Waals surface area contributed by atoms with Gasteiger partial charge in [0.15, 0.2) is 0 Å². The Hall–Kier alpha value is -7.47. The van der Waals surface area contributed by atoms with E-state index in [2.05, 4.69) is 56.8 Å². The SMILES string of the molecule is C#CCOCCOCCOCCNc1nc(N2CCN(C(=O)[C@H](CCC(=O)O)n3cc(C(N)Cc4ccc(O)cc4)nn3)CC2)nc(N2CCN(C(=O)[C@H](Cc3cc4ccccc4[nH]3)n3cc(C(N)[C@H](C)CC)nn3)CC2)n1.Cl. The normalized spacial score (nSPS) is 15.7. The van der Waals surface area contributed by atoms with Gasteiger partial charge >= 0.3 is 5.97 Å². The van der Waals surface area contributed by atoms with Crippen LogP contribution in [0.3, 0.4) is 0 Å². The molecular formula is C53H72ClN17O8. The lowest BCUT2D eigenvalue weighted by atomic mass is 9.98. The number of phenols is 1. The van der Waals surface area contributed by atoms with E-state index in [9.17, 15) is 24.6 Å². The number of anilines is 3. The summed E-state index contributed by atoms with van der Waals surface area (Å²) < 4.78 is 19.6. The Labute approximate surface area is 464 Å². The highest BCUT2D eigenvalue weighted by molar-refractivity contribution is 5.85. The number of benzene rings is 2. The minimum absolute atomic E-state index is 0. The molecule has 25 nitrogen and oxygen atoms in total. The van der Waals surface area contributed by atoms with Gasteiger partial charge in [0.1, 0.15) is 24.4 Å². The Kier molecular flexibility index (Phi) is 21.7. The number of H-pyrrole nitrogens is 1. The van der Waals surface area contributed by atoms with Crippen LogP contribution >= 0.6 is 12.4 Å². The molecule has 2 amide bonds. The molecule has 79 heavy (non-hydrogen) atoms. The van der Waals surface area contributed by atoms with Gasteiger partial charge in [-0.3, -0.25) is 14.4 Å². The van der Waals surface area contributed by atoms with E-state index in [4.69, 9.17) is 47.1 Å². The Morgan fingerprint density at radius 2 is 1.35 bits per heavy atom. The van der Waals surface area contributed by atoms with Crippen LogP contribution in [0.1, 0.15) is 79.9 Å². The number of fused-ring (bicyclic) bond motifs is 1. The number of ether oxygens (including phenoxy) is 3. The van der Waals surface area contributed by atoms with E-state index in [0.717, 1.165) is 28.6 Å². The van der Waals surface area contributed by atoms with Crippen LogP contribution < -0.4 is 26.6 Å². The molecule has 6 heterocycles. The fraction of sp³-hybridized carbons (Fsp3) is 0.509. The van der Waals surface area contributed by atoms with Gasteiger partial charge in [-0.05, 0) is 54.0 Å². The molecule has 2 aliphatic heterocycles. The van der Waals surface area contributed by atoms with Crippen molar-refractivity contribution in [3.63, 3.8) is 0 Å². The second-order valence-electron chi connectivity index (χ2n) is 19.5. The van der Waals surface area contributed by atoms with E-state index in [1.807, 2.05) is 39.0 Å². The number of amides is 2. The molecule has 0 radical (unpaired) electrons. The van der Waals surface area contributed by atoms with Gasteiger partial charge in [0.05, 0.1) is 68.9 Å². The summed E-state index contributed by atoms with van der Waals surface area (Å²) in [6.07, 6.45) is 9.99. The average molecular weight is 1110 g/mol. The summed E-state index contributed by atoms with van der Waals surface area (Å²) in [7, 11) is 0. The van der Waals surface area contributed by atoms with Crippen molar-refractivity contribution in [2.45, 2.75) is 70.1 Å². The number of carbonyl (C=O) groups is 3. The predicted molar refractivity (Wildman–Crippen MR) is 297 cm³/mol. The molecule has 0 spiro atoms. The number of aliphatic carboxylic acids is 1. The van der Waals surface area contributed by atoms with Gasteiger partial charge in [0, 0.05) is 83.0 Å². The number of terminal acetylenes is 1. The van der Waals surface area contributed by atoms with Crippen molar-refractivity contribution in [2.24, 2.45) is 17.4 Å². The molecule has 26 heteroatoms. The zero-order valence-corrected chi connectivity index (χ0v) is 45.5. The number of aromatic hydroxyl groups is 1. The first-order chi connectivity index (χ1) is 37.9. The number of aromatic nitrogens is 10. The highest BCUT2D eigenvalue weighted by Crippen LogP contribution is 2.27. The largest absolute Gasteiger partial charge is 0.508 e. The molecule has 0 saturated carbocycles.